The molecule has 0 aliphatic carbocycles. The van der Waals surface area contributed by atoms with Crippen molar-refractivity contribution >= 4 is 11.6 Å². The van der Waals surface area contributed by atoms with Gasteiger partial charge in [-0.2, -0.15) is 5.10 Å². The van der Waals surface area contributed by atoms with Crippen LogP contribution >= 0.6 is 11.6 Å². The number of aromatic nitrogens is 2. The molecule has 2 rings (SSSR count). The molecule has 0 amide bonds. The van der Waals surface area contributed by atoms with Crippen LogP contribution in [0.4, 0.5) is 0 Å². The molecule has 0 fully saturated rings. The topological polar surface area (TPSA) is 29.9 Å². The molecule has 0 bridgehead atoms. The summed E-state index contributed by atoms with van der Waals surface area (Å²) < 4.78 is 2.11. The van der Waals surface area contributed by atoms with Gasteiger partial charge in [0.25, 0.3) is 0 Å². The SMILES string of the molecule is CCCNC(Cc1ccc(Cl)cc1)c1ccnn1CCC. The van der Waals surface area contributed by atoms with E-state index in [4.69, 9.17) is 11.6 Å². The zero-order valence-corrected chi connectivity index (χ0v) is 13.6. The summed E-state index contributed by atoms with van der Waals surface area (Å²) in [4.78, 5) is 0. The second-order valence-electron chi connectivity index (χ2n) is 5.32. The first-order chi connectivity index (χ1) is 10.2. The van der Waals surface area contributed by atoms with E-state index in [1.54, 1.807) is 0 Å². The van der Waals surface area contributed by atoms with Gasteiger partial charge in [-0.25, -0.2) is 0 Å². The van der Waals surface area contributed by atoms with Crippen LogP contribution in [0.25, 0.3) is 0 Å². The Morgan fingerprint density at radius 2 is 1.90 bits per heavy atom. The fraction of sp³-hybridized carbons (Fsp3) is 0.471. The standard InChI is InChI=1S/C17H24ClN3/c1-3-10-19-16(13-14-5-7-15(18)8-6-14)17-9-11-20-21(17)12-4-2/h5-9,11,16,19H,3-4,10,12-13H2,1-2H3. The fourth-order valence-corrected chi connectivity index (χ4v) is 2.62. The molecule has 1 heterocycles. The van der Waals surface area contributed by atoms with Gasteiger partial charge in [-0.1, -0.05) is 37.6 Å². The van der Waals surface area contributed by atoms with E-state index in [-0.39, 0.29) is 0 Å². The van der Waals surface area contributed by atoms with Crippen LogP contribution in [-0.2, 0) is 13.0 Å². The Bertz CT molecular complexity index is 533. The van der Waals surface area contributed by atoms with Crippen LogP contribution < -0.4 is 5.32 Å². The molecule has 0 saturated heterocycles. The highest BCUT2D eigenvalue weighted by atomic mass is 35.5. The fourth-order valence-electron chi connectivity index (χ4n) is 2.49. The molecule has 0 aliphatic rings. The molecule has 0 radical (unpaired) electrons. The summed E-state index contributed by atoms with van der Waals surface area (Å²) in [6.45, 7) is 6.34. The number of nitrogens with zero attached hydrogens (tertiary/aromatic N) is 2. The van der Waals surface area contributed by atoms with E-state index in [9.17, 15) is 0 Å². The summed E-state index contributed by atoms with van der Waals surface area (Å²) in [6.07, 6.45) is 5.06. The van der Waals surface area contributed by atoms with E-state index in [0.29, 0.717) is 6.04 Å². The minimum atomic E-state index is 0.292. The first kappa shape index (κ1) is 16.1. The number of hydrogen-bond donors (Lipinski definition) is 1. The van der Waals surface area contributed by atoms with Crippen molar-refractivity contribution in [2.24, 2.45) is 0 Å². The third-order valence-corrected chi connectivity index (χ3v) is 3.79. The lowest BCUT2D eigenvalue weighted by Gasteiger charge is -2.20. The van der Waals surface area contributed by atoms with E-state index in [2.05, 4.69) is 47.1 Å². The normalized spacial score (nSPS) is 12.5. The Kier molecular flexibility index (Phi) is 6.27. The summed E-state index contributed by atoms with van der Waals surface area (Å²) in [5.74, 6) is 0. The number of aryl methyl sites for hydroxylation is 1. The van der Waals surface area contributed by atoms with Crippen LogP contribution in [0, 0.1) is 0 Å². The Balaban J connectivity index is 2.16. The maximum atomic E-state index is 5.97. The predicted molar refractivity (Wildman–Crippen MR) is 88.7 cm³/mol. The third kappa shape index (κ3) is 4.58. The quantitative estimate of drug-likeness (QED) is 0.791. The molecule has 0 aliphatic heterocycles. The Morgan fingerprint density at radius 1 is 1.14 bits per heavy atom. The minimum Gasteiger partial charge on any atom is -0.308 e. The van der Waals surface area contributed by atoms with Gasteiger partial charge in [0.05, 0.1) is 11.7 Å². The van der Waals surface area contributed by atoms with E-state index in [1.807, 2.05) is 18.3 Å². The molecule has 0 saturated carbocycles. The summed E-state index contributed by atoms with van der Waals surface area (Å²) in [5, 5.41) is 8.87. The van der Waals surface area contributed by atoms with Gasteiger partial charge in [0.1, 0.15) is 0 Å². The largest absolute Gasteiger partial charge is 0.308 e. The lowest BCUT2D eigenvalue weighted by molar-refractivity contribution is 0.468. The zero-order valence-electron chi connectivity index (χ0n) is 12.8. The van der Waals surface area contributed by atoms with Crippen LogP contribution in [0.3, 0.4) is 0 Å². The molecule has 1 aromatic carbocycles. The molecule has 2 aromatic rings. The summed E-state index contributed by atoms with van der Waals surface area (Å²) >= 11 is 5.97. The zero-order chi connectivity index (χ0) is 15.1. The Morgan fingerprint density at radius 3 is 2.57 bits per heavy atom. The Hall–Kier alpha value is -1.32. The van der Waals surface area contributed by atoms with Crippen molar-refractivity contribution < 1.29 is 0 Å². The van der Waals surface area contributed by atoms with Crippen molar-refractivity contribution in [1.82, 2.24) is 15.1 Å². The van der Waals surface area contributed by atoms with Gasteiger partial charge in [-0.3, -0.25) is 4.68 Å². The number of nitrogens with one attached hydrogen (secondary N) is 1. The molecule has 21 heavy (non-hydrogen) atoms. The minimum absolute atomic E-state index is 0.292. The average Bonchev–Trinajstić information content (AvgIpc) is 2.94. The lowest BCUT2D eigenvalue weighted by atomic mass is 10.0. The van der Waals surface area contributed by atoms with E-state index < -0.39 is 0 Å². The Labute approximate surface area is 132 Å². The molecular weight excluding hydrogens is 282 g/mol. The van der Waals surface area contributed by atoms with Crippen molar-refractivity contribution in [3.8, 4) is 0 Å². The van der Waals surface area contributed by atoms with Crippen molar-refractivity contribution in [3.05, 3.63) is 52.8 Å². The van der Waals surface area contributed by atoms with E-state index in [1.165, 1.54) is 11.3 Å². The maximum absolute atomic E-state index is 5.97. The monoisotopic (exact) mass is 305 g/mol. The summed E-state index contributed by atoms with van der Waals surface area (Å²) in [7, 11) is 0. The summed E-state index contributed by atoms with van der Waals surface area (Å²) in [5.41, 5.74) is 2.55. The highest BCUT2D eigenvalue weighted by Gasteiger charge is 2.16. The lowest BCUT2D eigenvalue weighted by Crippen LogP contribution is -2.26. The molecule has 4 heteroatoms. The highest BCUT2D eigenvalue weighted by molar-refractivity contribution is 6.30. The molecule has 0 spiro atoms. The third-order valence-electron chi connectivity index (χ3n) is 3.54. The van der Waals surface area contributed by atoms with Crippen molar-refractivity contribution in [2.45, 2.75) is 45.7 Å². The van der Waals surface area contributed by atoms with Crippen LogP contribution in [0.1, 0.15) is 44.0 Å². The van der Waals surface area contributed by atoms with Gasteiger partial charge in [0.15, 0.2) is 0 Å². The molecule has 3 nitrogen and oxygen atoms in total. The van der Waals surface area contributed by atoms with Crippen LogP contribution in [0.15, 0.2) is 36.5 Å². The van der Waals surface area contributed by atoms with E-state index >= 15 is 0 Å². The van der Waals surface area contributed by atoms with Crippen LogP contribution in [0.2, 0.25) is 5.02 Å². The molecule has 1 unspecified atom stereocenters. The van der Waals surface area contributed by atoms with Gasteiger partial charge in [-0.15, -0.1) is 0 Å². The van der Waals surface area contributed by atoms with Crippen LogP contribution in [0.5, 0.6) is 0 Å². The first-order valence-electron chi connectivity index (χ1n) is 7.74. The van der Waals surface area contributed by atoms with Gasteiger partial charge < -0.3 is 5.32 Å². The molecule has 1 aromatic heterocycles. The van der Waals surface area contributed by atoms with Crippen molar-refractivity contribution in [1.29, 1.82) is 0 Å². The second kappa shape index (κ2) is 8.20. The molecule has 114 valence electrons. The van der Waals surface area contributed by atoms with Gasteiger partial charge in [-0.05, 0) is 49.6 Å². The number of rotatable bonds is 8. The van der Waals surface area contributed by atoms with Crippen molar-refractivity contribution in [3.63, 3.8) is 0 Å². The molecular formula is C17H24ClN3. The smallest absolute Gasteiger partial charge is 0.0556 e. The van der Waals surface area contributed by atoms with Gasteiger partial charge in [0.2, 0.25) is 0 Å². The molecule has 1 atom stereocenters. The van der Waals surface area contributed by atoms with Gasteiger partial charge >= 0.3 is 0 Å². The first-order valence-corrected chi connectivity index (χ1v) is 8.12. The van der Waals surface area contributed by atoms with E-state index in [0.717, 1.165) is 37.4 Å². The second-order valence-corrected chi connectivity index (χ2v) is 5.75. The number of halogens is 1. The van der Waals surface area contributed by atoms with Crippen molar-refractivity contribution in [2.75, 3.05) is 6.54 Å². The average molecular weight is 306 g/mol. The maximum Gasteiger partial charge on any atom is 0.0556 e. The predicted octanol–water partition coefficient (Wildman–Crippen LogP) is 4.23. The summed E-state index contributed by atoms with van der Waals surface area (Å²) in [6, 6.07) is 10.5. The van der Waals surface area contributed by atoms with Crippen LogP contribution in [-0.4, -0.2) is 16.3 Å². The molecule has 1 N–H and O–H groups in total. The number of hydrogen-bond acceptors (Lipinski definition) is 2. The number of benzene rings is 1. The highest BCUT2D eigenvalue weighted by Crippen LogP contribution is 2.20. The van der Waals surface area contributed by atoms with Gasteiger partial charge in [0, 0.05) is 17.8 Å².